The van der Waals surface area contributed by atoms with Gasteiger partial charge in [0.2, 0.25) is 5.82 Å². The van der Waals surface area contributed by atoms with Crippen LogP contribution in [0.25, 0.3) is 10.6 Å². The van der Waals surface area contributed by atoms with Gasteiger partial charge in [0.25, 0.3) is 0 Å². The Morgan fingerprint density at radius 1 is 1.13 bits per heavy atom. The summed E-state index contributed by atoms with van der Waals surface area (Å²) in [6, 6.07) is 13.5. The van der Waals surface area contributed by atoms with Crippen molar-refractivity contribution in [2.75, 3.05) is 5.32 Å². The van der Waals surface area contributed by atoms with E-state index in [-0.39, 0.29) is 12.2 Å². The molecule has 1 N–H and O–H groups in total. The highest BCUT2D eigenvalue weighted by molar-refractivity contribution is 7.14. The molecule has 0 atom stereocenters. The van der Waals surface area contributed by atoms with E-state index in [9.17, 15) is 14.5 Å². The number of benzene rings is 2. The molecule has 0 aliphatic rings. The highest BCUT2D eigenvalue weighted by Gasteiger charge is 2.19. The van der Waals surface area contributed by atoms with Crippen LogP contribution in [-0.4, -0.2) is 15.1 Å². The van der Waals surface area contributed by atoms with E-state index < -0.39 is 16.4 Å². The quantitative estimate of drug-likeness (QED) is 0.567. The van der Waals surface area contributed by atoms with Gasteiger partial charge < -0.3 is 5.32 Å². The first-order valence-corrected chi connectivity index (χ1v) is 7.51. The van der Waals surface area contributed by atoms with Crippen LogP contribution in [-0.2, 0) is 6.54 Å². The van der Waals surface area contributed by atoms with E-state index in [1.807, 2.05) is 30.3 Å². The van der Waals surface area contributed by atoms with Crippen LogP contribution in [0, 0.1) is 15.9 Å². The largest absolute Gasteiger partial charge is 0.373 e. The van der Waals surface area contributed by atoms with Crippen LogP contribution in [0.1, 0.15) is 5.01 Å². The van der Waals surface area contributed by atoms with Gasteiger partial charge in [-0.25, -0.2) is 0 Å². The van der Waals surface area contributed by atoms with Gasteiger partial charge in [0.1, 0.15) is 15.7 Å². The van der Waals surface area contributed by atoms with Crippen molar-refractivity contribution in [2.45, 2.75) is 6.54 Å². The van der Waals surface area contributed by atoms with Gasteiger partial charge in [-0.05, 0) is 12.1 Å². The number of rotatable bonds is 5. The molecule has 8 heteroatoms. The Hall–Kier alpha value is -2.87. The molecular weight excluding hydrogens is 319 g/mol. The first-order chi connectivity index (χ1) is 11.1. The molecule has 2 aromatic carbocycles. The van der Waals surface area contributed by atoms with Crippen LogP contribution >= 0.6 is 11.3 Å². The Labute approximate surface area is 134 Å². The van der Waals surface area contributed by atoms with E-state index in [0.29, 0.717) is 5.01 Å². The number of halogens is 1. The monoisotopic (exact) mass is 330 g/mol. The highest BCUT2D eigenvalue weighted by Crippen LogP contribution is 2.28. The second-order valence-corrected chi connectivity index (χ2v) is 5.68. The minimum atomic E-state index is -0.873. The van der Waals surface area contributed by atoms with Crippen molar-refractivity contribution >= 4 is 22.7 Å². The van der Waals surface area contributed by atoms with Crippen LogP contribution in [0.2, 0.25) is 0 Å². The number of anilines is 1. The van der Waals surface area contributed by atoms with Crippen molar-refractivity contribution in [3.05, 3.63) is 69.5 Å². The lowest BCUT2D eigenvalue weighted by Gasteiger charge is -2.05. The zero-order valence-electron chi connectivity index (χ0n) is 11.8. The summed E-state index contributed by atoms with van der Waals surface area (Å²) in [6.45, 7) is 0.231. The van der Waals surface area contributed by atoms with Crippen LogP contribution in [0.5, 0.6) is 0 Å². The maximum Gasteiger partial charge on any atom is 0.327 e. The summed E-state index contributed by atoms with van der Waals surface area (Å²) in [6.07, 6.45) is 0. The van der Waals surface area contributed by atoms with E-state index >= 15 is 0 Å². The van der Waals surface area contributed by atoms with Gasteiger partial charge in [-0.3, -0.25) is 10.1 Å². The van der Waals surface area contributed by atoms with Crippen molar-refractivity contribution in [1.82, 2.24) is 10.2 Å². The summed E-state index contributed by atoms with van der Waals surface area (Å²) in [4.78, 5) is 10.2. The number of nitrogens with one attached hydrogen (secondary N) is 1. The maximum atomic E-state index is 13.5. The third-order valence-corrected chi connectivity index (χ3v) is 4.06. The van der Waals surface area contributed by atoms with E-state index in [4.69, 9.17) is 0 Å². The molecule has 0 amide bonds. The summed E-state index contributed by atoms with van der Waals surface area (Å²) in [7, 11) is 0. The lowest BCUT2D eigenvalue weighted by Crippen LogP contribution is -2.03. The molecule has 0 bridgehead atoms. The molecule has 3 rings (SSSR count). The summed E-state index contributed by atoms with van der Waals surface area (Å²) in [5, 5.41) is 23.3. The Bertz CT molecular complexity index is 839. The highest BCUT2D eigenvalue weighted by atomic mass is 32.1. The average Bonchev–Trinajstić information content (AvgIpc) is 3.02. The van der Waals surface area contributed by atoms with Gasteiger partial charge in [0.15, 0.2) is 0 Å². The predicted octanol–water partition coefficient (Wildman–Crippen LogP) is 3.86. The number of nitro groups is 1. The minimum absolute atomic E-state index is 0.117. The lowest BCUT2D eigenvalue weighted by molar-refractivity contribution is -0.386. The van der Waals surface area contributed by atoms with Gasteiger partial charge in [-0.1, -0.05) is 47.7 Å². The maximum absolute atomic E-state index is 13.5. The normalized spacial score (nSPS) is 10.5. The fourth-order valence-corrected chi connectivity index (χ4v) is 2.82. The van der Waals surface area contributed by atoms with Crippen molar-refractivity contribution < 1.29 is 9.31 Å². The molecule has 23 heavy (non-hydrogen) atoms. The van der Waals surface area contributed by atoms with Gasteiger partial charge in [0.05, 0.1) is 11.5 Å². The van der Waals surface area contributed by atoms with Crippen molar-refractivity contribution in [1.29, 1.82) is 0 Å². The Morgan fingerprint density at radius 2 is 1.91 bits per heavy atom. The van der Waals surface area contributed by atoms with Gasteiger partial charge in [0, 0.05) is 5.56 Å². The fourth-order valence-electron chi connectivity index (χ4n) is 2.04. The summed E-state index contributed by atoms with van der Waals surface area (Å²) in [5.74, 6) is -0.873. The first kappa shape index (κ1) is 15.0. The number of hydrogen-bond donors (Lipinski definition) is 1. The molecule has 1 aromatic heterocycles. The zero-order valence-corrected chi connectivity index (χ0v) is 12.6. The third kappa shape index (κ3) is 3.32. The molecule has 0 saturated carbocycles. The van der Waals surface area contributed by atoms with E-state index in [0.717, 1.165) is 16.6 Å². The van der Waals surface area contributed by atoms with Crippen molar-refractivity contribution in [3.8, 4) is 10.6 Å². The molecule has 0 radical (unpaired) electrons. The number of hydrogen-bond acceptors (Lipinski definition) is 6. The Kier molecular flexibility index (Phi) is 4.24. The van der Waals surface area contributed by atoms with Gasteiger partial charge in [-0.15, -0.1) is 10.2 Å². The zero-order chi connectivity index (χ0) is 16.2. The Morgan fingerprint density at radius 3 is 2.65 bits per heavy atom. The fraction of sp³-hybridized carbons (Fsp3) is 0.0667. The van der Waals surface area contributed by atoms with Crippen molar-refractivity contribution in [3.63, 3.8) is 0 Å². The van der Waals surface area contributed by atoms with Crippen LogP contribution in [0.3, 0.4) is 0 Å². The molecule has 0 saturated heterocycles. The van der Waals surface area contributed by atoms with E-state index in [2.05, 4.69) is 15.5 Å². The third-order valence-electron chi connectivity index (χ3n) is 3.09. The first-order valence-electron chi connectivity index (χ1n) is 6.70. The smallest absolute Gasteiger partial charge is 0.327 e. The molecule has 0 aliphatic heterocycles. The lowest BCUT2D eigenvalue weighted by atomic mass is 10.2. The second kappa shape index (κ2) is 6.49. The number of nitro benzene ring substituents is 1. The standard InChI is InChI=1S/C15H11FN4O2S/c16-11-7-4-8-12(14(11)20(21)22)17-9-13-18-19-15(23-13)10-5-2-1-3-6-10/h1-8,17H,9H2. The second-order valence-electron chi connectivity index (χ2n) is 4.61. The average molecular weight is 330 g/mol. The van der Waals surface area contributed by atoms with Crippen LogP contribution < -0.4 is 5.32 Å². The molecule has 0 spiro atoms. The number of para-hydroxylation sites is 1. The molecule has 1 heterocycles. The molecule has 6 nitrogen and oxygen atoms in total. The van der Waals surface area contributed by atoms with Crippen molar-refractivity contribution in [2.24, 2.45) is 0 Å². The molecule has 0 aliphatic carbocycles. The molecule has 0 unspecified atom stereocenters. The summed E-state index contributed by atoms with van der Waals surface area (Å²) >= 11 is 1.38. The summed E-state index contributed by atoms with van der Waals surface area (Å²) < 4.78 is 13.5. The van der Waals surface area contributed by atoms with Gasteiger partial charge in [-0.2, -0.15) is 4.39 Å². The van der Waals surface area contributed by atoms with Crippen LogP contribution in [0.4, 0.5) is 15.8 Å². The SMILES string of the molecule is O=[N+]([O-])c1c(F)cccc1NCc1nnc(-c2ccccc2)s1. The van der Waals surface area contributed by atoms with E-state index in [1.54, 1.807) is 0 Å². The topological polar surface area (TPSA) is 81.0 Å². The summed E-state index contributed by atoms with van der Waals surface area (Å²) in [5.41, 5.74) is 0.500. The van der Waals surface area contributed by atoms with E-state index in [1.165, 1.54) is 23.5 Å². The van der Waals surface area contributed by atoms with Gasteiger partial charge >= 0.3 is 5.69 Å². The van der Waals surface area contributed by atoms with Crippen LogP contribution in [0.15, 0.2) is 48.5 Å². The predicted molar refractivity (Wildman–Crippen MR) is 85.7 cm³/mol. The molecule has 0 fully saturated rings. The number of nitrogens with zero attached hydrogens (tertiary/aromatic N) is 3. The molecule has 3 aromatic rings. The molecule has 116 valence electrons. The molecular formula is C15H11FN4O2S. The Balaban J connectivity index is 1.76. The minimum Gasteiger partial charge on any atom is -0.373 e. The number of aromatic nitrogens is 2.